The quantitative estimate of drug-likeness (QED) is 0.554. The second-order valence-electron chi connectivity index (χ2n) is 2.03. The van der Waals surface area contributed by atoms with Gasteiger partial charge in [-0.25, -0.2) is 0 Å². The van der Waals surface area contributed by atoms with E-state index in [2.05, 4.69) is 6.07 Å². The Labute approximate surface area is 50.3 Å². The first-order valence-corrected chi connectivity index (χ1v) is 2.90. The van der Waals surface area contributed by atoms with Gasteiger partial charge in [0.25, 0.3) is 0 Å². The summed E-state index contributed by atoms with van der Waals surface area (Å²) in [5.41, 5.74) is 5.42. The Morgan fingerprint density at radius 3 is 2.75 bits per heavy atom. The molecule has 2 heteroatoms. The minimum atomic E-state index is 0.253. The maximum atomic E-state index is 8.09. The van der Waals surface area contributed by atoms with Crippen molar-refractivity contribution in [3.8, 4) is 6.07 Å². The molecule has 2 nitrogen and oxygen atoms in total. The monoisotopic (exact) mass is 112 g/mol. The first-order valence-electron chi connectivity index (χ1n) is 2.90. The van der Waals surface area contributed by atoms with Crippen molar-refractivity contribution < 1.29 is 0 Å². The molecule has 0 aromatic carbocycles. The van der Waals surface area contributed by atoms with Gasteiger partial charge in [-0.3, -0.25) is 0 Å². The van der Waals surface area contributed by atoms with Crippen LogP contribution >= 0.6 is 0 Å². The predicted octanol–water partition coefficient (Wildman–Crippen LogP) is 1.03. The molecule has 8 heavy (non-hydrogen) atoms. The fourth-order valence-electron chi connectivity index (χ4n) is 0.503. The van der Waals surface area contributed by atoms with Crippen LogP contribution in [0.2, 0.25) is 0 Å². The van der Waals surface area contributed by atoms with Crippen molar-refractivity contribution in [2.75, 3.05) is 0 Å². The normalized spacial score (nSPS) is 12.6. The van der Waals surface area contributed by atoms with E-state index >= 15 is 0 Å². The Hall–Kier alpha value is -0.550. The van der Waals surface area contributed by atoms with Crippen LogP contribution in [-0.2, 0) is 0 Å². The highest BCUT2D eigenvalue weighted by Gasteiger charge is 1.90. The van der Waals surface area contributed by atoms with Gasteiger partial charge in [0.05, 0.1) is 6.07 Å². The minimum Gasteiger partial charge on any atom is -0.328 e. The summed E-state index contributed by atoms with van der Waals surface area (Å²) in [6, 6.07) is 2.32. The van der Waals surface area contributed by atoms with E-state index in [1.54, 1.807) is 0 Å². The lowest BCUT2D eigenvalue weighted by Crippen LogP contribution is -2.13. The lowest BCUT2D eigenvalue weighted by Gasteiger charge is -1.98. The summed E-state index contributed by atoms with van der Waals surface area (Å²) < 4.78 is 0. The molecule has 0 aliphatic heterocycles. The van der Waals surface area contributed by atoms with Gasteiger partial charge in [-0.05, 0) is 19.8 Å². The lowest BCUT2D eigenvalue weighted by molar-refractivity contribution is 0.633. The van der Waals surface area contributed by atoms with Crippen molar-refractivity contribution in [3.63, 3.8) is 0 Å². The van der Waals surface area contributed by atoms with Gasteiger partial charge in [-0.15, -0.1) is 0 Å². The highest BCUT2D eigenvalue weighted by Crippen LogP contribution is 1.95. The number of nitrogens with zero attached hydrogens (tertiary/aromatic N) is 1. The molecular formula is C6H12N2. The van der Waals surface area contributed by atoms with Crippen LogP contribution < -0.4 is 5.73 Å². The summed E-state index contributed by atoms with van der Waals surface area (Å²) in [5, 5.41) is 8.09. The van der Waals surface area contributed by atoms with E-state index in [4.69, 9.17) is 11.0 Å². The smallest absolute Gasteiger partial charge is 0.0621 e. The van der Waals surface area contributed by atoms with Crippen molar-refractivity contribution in [2.45, 2.75) is 32.2 Å². The first kappa shape index (κ1) is 7.45. The van der Waals surface area contributed by atoms with E-state index in [0.29, 0.717) is 6.42 Å². The molecule has 0 saturated heterocycles. The highest BCUT2D eigenvalue weighted by atomic mass is 14.6. The third-order valence-electron chi connectivity index (χ3n) is 0.948. The Morgan fingerprint density at radius 1 is 1.75 bits per heavy atom. The molecule has 0 saturated carbocycles. The molecule has 0 bridgehead atoms. The van der Waals surface area contributed by atoms with Crippen LogP contribution in [0.15, 0.2) is 0 Å². The molecular weight excluding hydrogens is 100 g/mol. The zero-order valence-corrected chi connectivity index (χ0v) is 5.22. The average molecular weight is 112 g/mol. The number of nitriles is 1. The zero-order valence-electron chi connectivity index (χ0n) is 5.22. The van der Waals surface area contributed by atoms with Gasteiger partial charge >= 0.3 is 0 Å². The molecule has 0 amide bonds. The van der Waals surface area contributed by atoms with Gasteiger partial charge in [-0.1, -0.05) is 0 Å². The third kappa shape index (κ3) is 5.45. The molecule has 2 N–H and O–H groups in total. The fourth-order valence-corrected chi connectivity index (χ4v) is 0.503. The Kier molecular flexibility index (Phi) is 4.29. The highest BCUT2D eigenvalue weighted by molar-refractivity contribution is 4.69. The van der Waals surface area contributed by atoms with E-state index in [0.717, 1.165) is 12.8 Å². The van der Waals surface area contributed by atoms with Crippen LogP contribution in [0.1, 0.15) is 26.2 Å². The summed E-state index contributed by atoms with van der Waals surface area (Å²) in [7, 11) is 0. The van der Waals surface area contributed by atoms with Crippen LogP contribution in [0.3, 0.4) is 0 Å². The van der Waals surface area contributed by atoms with E-state index in [1.807, 2.05) is 6.92 Å². The topological polar surface area (TPSA) is 49.8 Å². The molecule has 0 aliphatic rings. The minimum absolute atomic E-state index is 0.253. The second-order valence-corrected chi connectivity index (χ2v) is 2.03. The number of unbranched alkanes of at least 4 members (excludes halogenated alkanes) is 1. The van der Waals surface area contributed by atoms with Crippen LogP contribution in [0.25, 0.3) is 0 Å². The molecule has 0 aliphatic carbocycles. The van der Waals surface area contributed by atoms with E-state index in [9.17, 15) is 0 Å². The predicted molar refractivity (Wildman–Crippen MR) is 33.1 cm³/mol. The number of hydrogen-bond acceptors (Lipinski definition) is 2. The van der Waals surface area contributed by atoms with Crippen LogP contribution in [0, 0.1) is 11.3 Å². The summed E-state index contributed by atoms with van der Waals surface area (Å²) >= 11 is 0. The molecule has 0 fully saturated rings. The Balaban J connectivity index is 2.85. The lowest BCUT2D eigenvalue weighted by atomic mass is 10.2. The molecule has 0 rings (SSSR count). The van der Waals surface area contributed by atoms with Crippen molar-refractivity contribution >= 4 is 0 Å². The zero-order chi connectivity index (χ0) is 6.41. The second kappa shape index (κ2) is 4.61. The van der Waals surface area contributed by atoms with Gasteiger partial charge in [0.2, 0.25) is 0 Å². The SMILES string of the molecule is CC(N)CCCC#N. The summed E-state index contributed by atoms with van der Waals surface area (Å²) in [4.78, 5) is 0. The Bertz CT molecular complexity index is 81.0. The average Bonchev–Trinajstić information content (AvgIpc) is 1.66. The molecule has 0 aromatic heterocycles. The molecule has 0 radical (unpaired) electrons. The number of hydrogen-bond donors (Lipinski definition) is 1. The fraction of sp³-hybridized carbons (Fsp3) is 0.833. The van der Waals surface area contributed by atoms with Crippen LogP contribution in [-0.4, -0.2) is 6.04 Å². The van der Waals surface area contributed by atoms with E-state index in [-0.39, 0.29) is 6.04 Å². The van der Waals surface area contributed by atoms with Crippen molar-refractivity contribution in [1.29, 1.82) is 5.26 Å². The van der Waals surface area contributed by atoms with E-state index < -0.39 is 0 Å². The number of rotatable bonds is 3. The summed E-state index contributed by atoms with van der Waals surface area (Å²) in [5.74, 6) is 0. The van der Waals surface area contributed by atoms with Crippen molar-refractivity contribution in [2.24, 2.45) is 5.73 Å². The summed E-state index contributed by atoms with van der Waals surface area (Å²) in [6.45, 7) is 1.96. The largest absolute Gasteiger partial charge is 0.328 e. The maximum absolute atomic E-state index is 8.09. The van der Waals surface area contributed by atoms with Crippen LogP contribution in [0.5, 0.6) is 0 Å². The van der Waals surface area contributed by atoms with E-state index in [1.165, 1.54) is 0 Å². The first-order chi connectivity index (χ1) is 3.77. The molecule has 0 heterocycles. The molecule has 46 valence electrons. The summed E-state index contributed by atoms with van der Waals surface area (Å²) in [6.07, 6.45) is 2.54. The molecule has 1 atom stereocenters. The van der Waals surface area contributed by atoms with Crippen molar-refractivity contribution in [3.05, 3.63) is 0 Å². The third-order valence-corrected chi connectivity index (χ3v) is 0.948. The Morgan fingerprint density at radius 2 is 2.38 bits per heavy atom. The van der Waals surface area contributed by atoms with Gasteiger partial charge in [-0.2, -0.15) is 5.26 Å². The van der Waals surface area contributed by atoms with Crippen LogP contribution in [0.4, 0.5) is 0 Å². The van der Waals surface area contributed by atoms with Gasteiger partial charge in [0.15, 0.2) is 0 Å². The van der Waals surface area contributed by atoms with Gasteiger partial charge < -0.3 is 5.73 Å². The molecule has 1 unspecified atom stereocenters. The maximum Gasteiger partial charge on any atom is 0.0621 e. The van der Waals surface area contributed by atoms with Crippen molar-refractivity contribution in [1.82, 2.24) is 0 Å². The number of nitrogens with two attached hydrogens (primary N) is 1. The van der Waals surface area contributed by atoms with Gasteiger partial charge in [0.1, 0.15) is 0 Å². The molecule has 0 aromatic rings. The van der Waals surface area contributed by atoms with Gasteiger partial charge in [0, 0.05) is 12.5 Å². The standard InChI is InChI=1S/C6H12N2/c1-6(8)4-2-3-5-7/h6H,2-4,8H2,1H3. The molecule has 0 spiro atoms.